The van der Waals surface area contributed by atoms with Crippen molar-refractivity contribution in [1.29, 1.82) is 0 Å². The zero-order chi connectivity index (χ0) is 16.2. The molecule has 0 saturated heterocycles. The summed E-state index contributed by atoms with van der Waals surface area (Å²) in [5.74, 6) is -1.08. The van der Waals surface area contributed by atoms with Crippen LogP contribution >= 0.6 is 0 Å². The van der Waals surface area contributed by atoms with E-state index in [1.54, 1.807) is 6.07 Å². The van der Waals surface area contributed by atoms with E-state index in [0.717, 1.165) is 30.4 Å². The summed E-state index contributed by atoms with van der Waals surface area (Å²) in [6.07, 6.45) is 0.282. The molecule has 0 atom stereocenters. The Morgan fingerprint density at radius 3 is 2.64 bits per heavy atom. The number of carboxylic acids is 1. The van der Waals surface area contributed by atoms with E-state index in [0.29, 0.717) is 0 Å². The number of halogens is 3. The number of aromatic nitrogens is 1. The third-order valence-electron chi connectivity index (χ3n) is 2.61. The van der Waals surface area contributed by atoms with Crippen LogP contribution in [0, 0.1) is 0 Å². The molecule has 0 aliphatic carbocycles. The van der Waals surface area contributed by atoms with Gasteiger partial charge in [0.25, 0.3) is 0 Å². The first-order chi connectivity index (χ1) is 10.4. The Balaban J connectivity index is 2.43. The monoisotopic (exact) mass is 309 g/mol. The lowest BCUT2D eigenvalue weighted by Gasteiger charge is -2.12. The number of hydrogen-bond acceptors (Lipinski definition) is 3. The van der Waals surface area contributed by atoms with Crippen molar-refractivity contribution >= 4 is 12.0 Å². The number of benzene rings is 1. The molecule has 7 heteroatoms. The number of carbonyl (C=O) groups is 1. The summed E-state index contributed by atoms with van der Waals surface area (Å²) in [7, 11) is 0. The largest absolute Gasteiger partial charge is 0.478 e. The average Bonchev–Trinajstić information content (AvgIpc) is 2.46. The van der Waals surface area contributed by atoms with Crippen molar-refractivity contribution in [3.05, 3.63) is 59.9 Å². The fourth-order valence-electron chi connectivity index (χ4n) is 1.63. The first-order valence-corrected chi connectivity index (χ1v) is 6.06. The SMILES string of the molecule is O=C(O)/C=C/c1ccc(C(F)(F)F)cc1Oc1cccnc1. The summed E-state index contributed by atoms with van der Waals surface area (Å²) in [6, 6.07) is 5.91. The Bertz CT molecular complexity index is 697. The van der Waals surface area contributed by atoms with Crippen LogP contribution in [0.25, 0.3) is 6.08 Å². The smallest absolute Gasteiger partial charge is 0.416 e. The molecule has 1 aromatic carbocycles. The van der Waals surface area contributed by atoms with Gasteiger partial charge in [-0.3, -0.25) is 4.98 Å². The normalized spacial score (nSPS) is 11.6. The predicted molar refractivity (Wildman–Crippen MR) is 72.4 cm³/mol. The van der Waals surface area contributed by atoms with Crippen LogP contribution in [0.5, 0.6) is 11.5 Å². The summed E-state index contributed by atoms with van der Waals surface area (Å²) < 4.78 is 43.7. The minimum atomic E-state index is -4.53. The van der Waals surface area contributed by atoms with Gasteiger partial charge in [0, 0.05) is 17.8 Å². The van der Waals surface area contributed by atoms with Crippen molar-refractivity contribution < 1.29 is 27.8 Å². The Morgan fingerprint density at radius 2 is 2.05 bits per heavy atom. The molecule has 2 aromatic rings. The molecule has 1 N–H and O–H groups in total. The van der Waals surface area contributed by atoms with Crippen molar-refractivity contribution in [3.63, 3.8) is 0 Å². The van der Waals surface area contributed by atoms with Crippen LogP contribution in [0.4, 0.5) is 13.2 Å². The fraction of sp³-hybridized carbons (Fsp3) is 0.0667. The number of ether oxygens (including phenoxy) is 1. The second-order valence-corrected chi connectivity index (χ2v) is 4.21. The van der Waals surface area contributed by atoms with E-state index in [1.165, 1.54) is 18.5 Å². The number of aliphatic carboxylic acids is 1. The predicted octanol–water partition coefficient (Wildman–Crippen LogP) is 3.99. The maximum atomic E-state index is 12.8. The maximum absolute atomic E-state index is 12.8. The Labute approximate surface area is 123 Å². The van der Waals surface area contributed by atoms with Gasteiger partial charge in [0.05, 0.1) is 11.8 Å². The lowest BCUT2D eigenvalue weighted by atomic mass is 10.1. The summed E-state index contributed by atoms with van der Waals surface area (Å²) >= 11 is 0. The van der Waals surface area contributed by atoms with E-state index in [9.17, 15) is 18.0 Å². The second-order valence-electron chi connectivity index (χ2n) is 4.21. The molecule has 4 nitrogen and oxygen atoms in total. The highest BCUT2D eigenvalue weighted by Gasteiger charge is 2.31. The van der Waals surface area contributed by atoms with Crippen LogP contribution < -0.4 is 4.74 Å². The fourth-order valence-corrected chi connectivity index (χ4v) is 1.63. The highest BCUT2D eigenvalue weighted by Crippen LogP contribution is 2.35. The van der Waals surface area contributed by atoms with Gasteiger partial charge in [-0.05, 0) is 30.3 Å². The molecule has 114 valence electrons. The zero-order valence-electron chi connectivity index (χ0n) is 11.0. The Morgan fingerprint density at radius 1 is 1.27 bits per heavy atom. The lowest BCUT2D eigenvalue weighted by molar-refractivity contribution is -0.137. The van der Waals surface area contributed by atoms with Crippen LogP contribution in [0.15, 0.2) is 48.8 Å². The standard InChI is InChI=1S/C15H10F3NO3/c16-15(17,18)11-5-3-10(4-6-14(20)21)13(8-11)22-12-2-1-7-19-9-12/h1-9H,(H,20,21)/b6-4+. The van der Waals surface area contributed by atoms with Gasteiger partial charge in [-0.1, -0.05) is 6.07 Å². The van der Waals surface area contributed by atoms with Gasteiger partial charge in [0.2, 0.25) is 0 Å². The molecule has 1 aromatic heterocycles. The van der Waals surface area contributed by atoms with Crippen molar-refractivity contribution in [2.45, 2.75) is 6.18 Å². The molecular weight excluding hydrogens is 299 g/mol. The molecule has 0 radical (unpaired) electrons. The topological polar surface area (TPSA) is 59.4 Å². The third kappa shape index (κ3) is 4.08. The second kappa shape index (κ2) is 6.30. The van der Waals surface area contributed by atoms with Crippen molar-refractivity contribution in [2.75, 3.05) is 0 Å². The summed E-state index contributed by atoms with van der Waals surface area (Å²) in [6.45, 7) is 0. The highest BCUT2D eigenvalue weighted by atomic mass is 19.4. The molecule has 0 bridgehead atoms. The molecule has 0 unspecified atom stereocenters. The number of hydrogen-bond donors (Lipinski definition) is 1. The third-order valence-corrected chi connectivity index (χ3v) is 2.61. The van der Waals surface area contributed by atoms with Crippen molar-refractivity contribution in [1.82, 2.24) is 4.98 Å². The maximum Gasteiger partial charge on any atom is 0.416 e. The Kier molecular flexibility index (Phi) is 4.45. The van der Waals surface area contributed by atoms with E-state index >= 15 is 0 Å². The molecule has 2 rings (SSSR count). The molecule has 0 spiro atoms. The number of carboxylic acid groups (broad SMARTS) is 1. The Hall–Kier alpha value is -2.83. The molecule has 0 aliphatic rings. The summed E-state index contributed by atoms with van der Waals surface area (Å²) in [4.78, 5) is 14.3. The van der Waals surface area contributed by atoms with E-state index in [2.05, 4.69) is 4.98 Å². The summed E-state index contributed by atoms with van der Waals surface area (Å²) in [5, 5.41) is 8.62. The van der Waals surface area contributed by atoms with E-state index in [-0.39, 0.29) is 17.1 Å². The van der Waals surface area contributed by atoms with Gasteiger partial charge >= 0.3 is 12.1 Å². The van der Waals surface area contributed by atoms with E-state index in [1.807, 2.05) is 0 Å². The zero-order valence-corrected chi connectivity index (χ0v) is 11.0. The van der Waals surface area contributed by atoms with Gasteiger partial charge in [-0.25, -0.2) is 4.79 Å². The van der Waals surface area contributed by atoms with E-state index in [4.69, 9.17) is 9.84 Å². The average molecular weight is 309 g/mol. The van der Waals surface area contributed by atoms with Crippen LogP contribution in [0.2, 0.25) is 0 Å². The van der Waals surface area contributed by atoms with Crippen LogP contribution in [-0.2, 0) is 11.0 Å². The number of pyridine rings is 1. The number of nitrogens with zero attached hydrogens (tertiary/aromatic N) is 1. The van der Waals surface area contributed by atoms with Gasteiger partial charge in [-0.2, -0.15) is 13.2 Å². The molecule has 0 amide bonds. The van der Waals surface area contributed by atoms with Gasteiger partial charge in [0.1, 0.15) is 11.5 Å². The molecule has 0 saturated carbocycles. The van der Waals surface area contributed by atoms with Gasteiger partial charge in [-0.15, -0.1) is 0 Å². The van der Waals surface area contributed by atoms with Crippen LogP contribution in [0.3, 0.4) is 0 Å². The first kappa shape index (κ1) is 15.6. The number of rotatable bonds is 4. The lowest BCUT2D eigenvalue weighted by Crippen LogP contribution is -2.05. The molecule has 0 aliphatic heterocycles. The van der Waals surface area contributed by atoms with Crippen LogP contribution in [-0.4, -0.2) is 16.1 Å². The first-order valence-electron chi connectivity index (χ1n) is 6.06. The minimum absolute atomic E-state index is 0.111. The summed E-state index contributed by atoms with van der Waals surface area (Å²) in [5.41, 5.74) is -0.682. The van der Waals surface area contributed by atoms with Crippen molar-refractivity contribution in [2.24, 2.45) is 0 Å². The van der Waals surface area contributed by atoms with Gasteiger partial charge in [0.15, 0.2) is 0 Å². The molecule has 1 heterocycles. The van der Waals surface area contributed by atoms with E-state index < -0.39 is 17.7 Å². The minimum Gasteiger partial charge on any atom is -0.478 e. The molecule has 0 fully saturated rings. The number of alkyl halides is 3. The van der Waals surface area contributed by atoms with Crippen LogP contribution in [0.1, 0.15) is 11.1 Å². The highest BCUT2D eigenvalue weighted by molar-refractivity contribution is 5.86. The van der Waals surface area contributed by atoms with Crippen molar-refractivity contribution in [3.8, 4) is 11.5 Å². The quantitative estimate of drug-likeness (QED) is 0.868. The molecular formula is C15H10F3NO3. The molecule has 22 heavy (non-hydrogen) atoms. The van der Waals surface area contributed by atoms with Gasteiger partial charge < -0.3 is 9.84 Å².